The molecule has 2 aromatic carbocycles. The molecule has 0 bridgehead atoms. The number of fused-ring (bicyclic) bond motifs is 1. The molecule has 3 rings (SSSR count). The Kier molecular flexibility index (Phi) is 3.95. The molecule has 2 nitrogen and oxygen atoms in total. The minimum absolute atomic E-state index is 0.318. The van der Waals surface area contributed by atoms with E-state index in [1.54, 1.807) is 0 Å². The van der Waals surface area contributed by atoms with E-state index in [9.17, 15) is 0 Å². The molecule has 1 aliphatic heterocycles. The van der Waals surface area contributed by atoms with Gasteiger partial charge in [-0.2, -0.15) is 0 Å². The minimum atomic E-state index is 0.318. The zero-order chi connectivity index (χ0) is 13.9. The Bertz CT molecular complexity index is 599. The maximum atomic E-state index is 6.03. The van der Waals surface area contributed by atoms with Gasteiger partial charge in [-0.05, 0) is 23.8 Å². The van der Waals surface area contributed by atoms with E-state index in [0.717, 1.165) is 23.9 Å². The molecule has 0 radical (unpaired) electrons. The maximum absolute atomic E-state index is 6.03. The normalized spacial score (nSPS) is 21.1. The molecular weight excluding hydrogens is 270 g/mol. The van der Waals surface area contributed by atoms with Gasteiger partial charge in [0.05, 0.1) is 6.61 Å². The zero-order valence-electron chi connectivity index (χ0n) is 11.5. The molecule has 0 spiro atoms. The molecule has 0 amide bonds. The lowest BCUT2D eigenvalue weighted by Crippen LogP contribution is -2.33. The number of halogens is 1. The largest absolute Gasteiger partial charge is 0.493 e. The lowest BCUT2D eigenvalue weighted by molar-refractivity contribution is 0.188. The van der Waals surface area contributed by atoms with E-state index < -0.39 is 0 Å². The van der Waals surface area contributed by atoms with Crippen LogP contribution in [0.5, 0.6) is 5.75 Å². The van der Waals surface area contributed by atoms with E-state index in [2.05, 4.69) is 30.4 Å². The molecule has 0 saturated heterocycles. The summed E-state index contributed by atoms with van der Waals surface area (Å²) in [5.41, 5.74) is 2.45. The monoisotopic (exact) mass is 287 g/mol. The van der Waals surface area contributed by atoms with Crippen LogP contribution in [0.1, 0.15) is 24.1 Å². The first-order chi connectivity index (χ1) is 9.74. The third-order valence-electron chi connectivity index (χ3n) is 3.74. The van der Waals surface area contributed by atoms with Crippen LogP contribution in [0.2, 0.25) is 5.02 Å². The highest BCUT2D eigenvalue weighted by molar-refractivity contribution is 6.30. The maximum Gasteiger partial charge on any atom is 0.124 e. The highest BCUT2D eigenvalue weighted by atomic mass is 35.5. The smallest absolute Gasteiger partial charge is 0.124 e. The Labute approximate surface area is 124 Å². The van der Waals surface area contributed by atoms with Crippen molar-refractivity contribution >= 4 is 11.6 Å². The van der Waals surface area contributed by atoms with Crippen molar-refractivity contribution in [2.75, 3.05) is 6.61 Å². The van der Waals surface area contributed by atoms with Gasteiger partial charge in [0.2, 0.25) is 0 Å². The van der Waals surface area contributed by atoms with Gasteiger partial charge in [0, 0.05) is 29.1 Å². The Balaban J connectivity index is 1.77. The molecule has 104 valence electrons. The molecule has 2 unspecified atom stereocenters. The molecular formula is C17H18ClNO. The van der Waals surface area contributed by atoms with E-state index in [1.807, 2.05) is 30.3 Å². The van der Waals surface area contributed by atoms with Crippen molar-refractivity contribution < 1.29 is 4.74 Å². The van der Waals surface area contributed by atoms with Crippen molar-refractivity contribution in [1.82, 2.24) is 5.32 Å². The van der Waals surface area contributed by atoms with Gasteiger partial charge >= 0.3 is 0 Å². The summed E-state index contributed by atoms with van der Waals surface area (Å²) in [5, 5.41) is 4.41. The minimum Gasteiger partial charge on any atom is -0.493 e. The quantitative estimate of drug-likeness (QED) is 0.913. The second-order valence-corrected chi connectivity index (χ2v) is 5.75. The van der Waals surface area contributed by atoms with Gasteiger partial charge in [0.25, 0.3) is 0 Å². The van der Waals surface area contributed by atoms with Gasteiger partial charge in [-0.3, -0.25) is 0 Å². The first kappa shape index (κ1) is 13.5. The Morgan fingerprint density at radius 2 is 2.05 bits per heavy atom. The summed E-state index contributed by atoms with van der Waals surface area (Å²) in [6.45, 7) is 3.78. The fourth-order valence-corrected chi connectivity index (χ4v) is 2.89. The summed E-state index contributed by atoms with van der Waals surface area (Å²) in [5.74, 6) is 1.44. The Morgan fingerprint density at radius 1 is 1.20 bits per heavy atom. The number of ether oxygens (including phenoxy) is 1. The summed E-state index contributed by atoms with van der Waals surface area (Å²) in [7, 11) is 0. The number of hydrogen-bond donors (Lipinski definition) is 1. The van der Waals surface area contributed by atoms with E-state index in [4.69, 9.17) is 16.3 Å². The number of nitrogens with one attached hydrogen (secondary N) is 1. The van der Waals surface area contributed by atoms with E-state index in [-0.39, 0.29) is 0 Å². The number of benzene rings is 2. The average molecular weight is 288 g/mol. The molecule has 0 aromatic heterocycles. The predicted molar refractivity (Wildman–Crippen MR) is 82.1 cm³/mol. The van der Waals surface area contributed by atoms with Crippen LogP contribution in [-0.2, 0) is 6.54 Å². The van der Waals surface area contributed by atoms with Gasteiger partial charge in [0.1, 0.15) is 5.75 Å². The van der Waals surface area contributed by atoms with Crippen LogP contribution >= 0.6 is 11.6 Å². The van der Waals surface area contributed by atoms with Gasteiger partial charge in [-0.15, -0.1) is 0 Å². The predicted octanol–water partition coefficient (Wildman–Crippen LogP) is 4.20. The first-order valence-electron chi connectivity index (χ1n) is 6.93. The number of para-hydroxylation sites is 1. The third-order valence-corrected chi connectivity index (χ3v) is 3.98. The molecule has 1 aliphatic rings. The van der Waals surface area contributed by atoms with Gasteiger partial charge < -0.3 is 10.1 Å². The van der Waals surface area contributed by atoms with Crippen LogP contribution in [-0.4, -0.2) is 6.61 Å². The summed E-state index contributed by atoms with van der Waals surface area (Å²) >= 11 is 6.03. The van der Waals surface area contributed by atoms with E-state index in [0.29, 0.717) is 12.0 Å². The van der Waals surface area contributed by atoms with Gasteiger partial charge in [-0.25, -0.2) is 0 Å². The average Bonchev–Trinajstić information content (AvgIpc) is 2.46. The fraction of sp³-hybridized carbons (Fsp3) is 0.294. The van der Waals surface area contributed by atoms with Crippen LogP contribution < -0.4 is 10.1 Å². The second kappa shape index (κ2) is 5.86. The van der Waals surface area contributed by atoms with Crippen LogP contribution in [0.25, 0.3) is 0 Å². The number of hydrogen-bond acceptors (Lipinski definition) is 2. The second-order valence-electron chi connectivity index (χ2n) is 5.31. The molecule has 0 aliphatic carbocycles. The van der Waals surface area contributed by atoms with Crippen LogP contribution in [0.15, 0.2) is 48.5 Å². The van der Waals surface area contributed by atoms with Crippen molar-refractivity contribution in [1.29, 1.82) is 0 Å². The molecule has 1 heterocycles. The van der Waals surface area contributed by atoms with Crippen molar-refractivity contribution in [2.45, 2.75) is 19.5 Å². The standard InChI is InChI=1S/C17H18ClNO/c1-12-11-20-16-8-3-2-7-15(16)17(12)19-10-13-5-4-6-14(18)9-13/h2-9,12,17,19H,10-11H2,1H3. The van der Waals surface area contributed by atoms with Crippen molar-refractivity contribution in [3.63, 3.8) is 0 Å². The topological polar surface area (TPSA) is 21.3 Å². The fourth-order valence-electron chi connectivity index (χ4n) is 2.68. The van der Waals surface area contributed by atoms with Gasteiger partial charge in [-0.1, -0.05) is 48.9 Å². The lowest BCUT2D eigenvalue weighted by Gasteiger charge is -2.32. The molecule has 1 N–H and O–H groups in total. The van der Waals surface area contributed by atoms with Crippen molar-refractivity contribution in [3.05, 3.63) is 64.7 Å². The summed E-state index contributed by atoms with van der Waals surface area (Å²) < 4.78 is 5.78. The SMILES string of the molecule is CC1COc2ccccc2C1NCc1cccc(Cl)c1. The summed E-state index contributed by atoms with van der Waals surface area (Å²) in [6, 6.07) is 16.6. The third kappa shape index (κ3) is 2.82. The molecule has 2 aromatic rings. The zero-order valence-corrected chi connectivity index (χ0v) is 12.2. The Morgan fingerprint density at radius 3 is 2.90 bits per heavy atom. The molecule has 2 atom stereocenters. The highest BCUT2D eigenvalue weighted by Gasteiger charge is 2.26. The lowest BCUT2D eigenvalue weighted by atomic mass is 9.92. The summed E-state index contributed by atoms with van der Waals surface area (Å²) in [4.78, 5) is 0. The van der Waals surface area contributed by atoms with Crippen molar-refractivity contribution in [2.24, 2.45) is 5.92 Å². The van der Waals surface area contributed by atoms with Crippen molar-refractivity contribution in [3.8, 4) is 5.75 Å². The van der Waals surface area contributed by atoms with Crippen LogP contribution in [0.4, 0.5) is 0 Å². The molecule has 3 heteroatoms. The van der Waals surface area contributed by atoms with E-state index in [1.165, 1.54) is 11.1 Å². The highest BCUT2D eigenvalue weighted by Crippen LogP contribution is 2.35. The molecule has 0 fully saturated rings. The van der Waals surface area contributed by atoms with Gasteiger partial charge in [0.15, 0.2) is 0 Å². The van der Waals surface area contributed by atoms with Crippen LogP contribution in [0.3, 0.4) is 0 Å². The van der Waals surface area contributed by atoms with Crippen LogP contribution in [0, 0.1) is 5.92 Å². The van der Waals surface area contributed by atoms with E-state index >= 15 is 0 Å². The molecule has 20 heavy (non-hydrogen) atoms. The molecule has 0 saturated carbocycles. The Hall–Kier alpha value is -1.51. The first-order valence-corrected chi connectivity index (χ1v) is 7.31. The summed E-state index contributed by atoms with van der Waals surface area (Å²) in [6.07, 6.45) is 0. The number of rotatable bonds is 3.